The molecule has 0 atom stereocenters. The molecule has 0 aliphatic heterocycles. The molecule has 0 aliphatic carbocycles. The normalized spacial score (nSPS) is 12.1. The summed E-state index contributed by atoms with van der Waals surface area (Å²) in [4.78, 5) is 22.0. The van der Waals surface area contributed by atoms with Crippen molar-refractivity contribution in [3.05, 3.63) is 64.7 Å². The molecule has 0 saturated carbocycles. The molecule has 28 heavy (non-hydrogen) atoms. The first-order valence-electron chi connectivity index (χ1n) is 8.55. The zero-order valence-electron chi connectivity index (χ0n) is 15.1. The molecule has 0 unspecified atom stereocenters. The summed E-state index contributed by atoms with van der Waals surface area (Å²) in [6, 6.07) is 9.03. The monoisotopic (exact) mass is 396 g/mol. The largest absolute Gasteiger partial charge is 0.342 e. The molecule has 0 amide bonds. The van der Waals surface area contributed by atoms with Gasteiger partial charge in [0.25, 0.3) is 5.69 Å². The number of nitrogens with zero attached hydrogens (tertiary/aromatic N) is 3. The van der Waals surface area contributed by atoms with Gasteiger partial charge < -0.3 is 4.98 Å². The molecular weight excluding hydrogens is 380 g/mol. The summed E-state index contributed by atoms with van der Waals surface area (Å²) < 4.78 is 27.2. The standard InChI is InChI=1S/C19H16N4O4S/c1-11(2)19-21-14-6-7-15(23(24)25)18(17(14)22-19)28(26,27)16-5-3-4-12-10-20-9-8-13(12)16/h3-11H,1-2H3,(H,21,22). The van der Waals surface area contributed by atoms with Crippen LogP contribution < -0.4 is 0 Å². The Morgan fingerprint density at radius 3 is 2.64 bits per heavy atom. The highest BCUT2D eigenvalue weighted by atomic mass is 32.2. The lowest BCUT2D eigenvalue weighted by atomic mass is 10.2. The van der Waals surface area contributed by atoms with Crippen LogP contribution in [0.5, 0.6) is 0 Å². The lowest BCUT2D eigenvalue weighted by Gasteiger charge is -2.09. The van der Waals surface area contributed by atoms with Gasteiger partial charge in [0, 0.05) is 35.2 Å². The first-order valence-corrected chi connectivity index (χ1v) is 10.0. The molecule has 4 rings (SSSR count). The number of imidazole rings is 1. The molecule has 1 N–H and O–H groups in total. The maximum atomic E-state index is 13.6. The molecule has 0 radical (unpaired) electrons. The molecule has 0 aliphatic rings. The Balaban J connectivity index is 2.11. The second-order valence-electron chi connectivity index (χ2n) is 6.70. The van der Waals surface area contributed by atoms with Gasteiger partial charge in [-0.2, -0.15) is 0 Å². The molecular formula is C19H16N4O4S. The van der Waals surface area contributed by atoms with Crippen LogP contribution in [0.25, 0.3) is 21.8 Å². The van der Waals surface area contributed by atoms with E-state index in [0.717, 1.165) is 0 Å². The van der Waals surface area contributed by atoms with Crippen molar-refractivity contribution in [3.63, 3.8) is 0 Å². The van der Waals surface area contributed by atoms with E-state index in [-0.39, 0.29) is 16.3 Å². The third-order valence-corrected chi connectivity index (χ3v) is 6.42. The summed E-state index contributed by atoms with van der Waals surface area (Å²) in [5.74, 6) is 0.569. The number of nitrogens with one attached hydrogen (secondary N) is 1. The van der Waals surface area contributed by atoms with Gasteiger partial charge in [-0.3, -0.25) is 15.1 Å². The number of aromatic amines is 1. The van der Waals surface area contributed by atoms with Crippen LogP contribution in [0.4, 0.5) is 5.69 Å². The van der Waals surface area contributed by atoms with Crippen molar-refractivity contribution < 1.29 is 13.3 Å². The SMILES string of the molecule is CC(C)c1nc2c(S(=O)(=O)c3cccc4cnccc34)c([N+](=O)[O-])ccc2[nH]1. The Bertz CT molecular complexity index is 1340. The number of hydrogen-bond donors (Lipinski definition) is 1. The van der Waals surface area contributed by atoms with E-state index in [1.54, 1.807) is 24.4 Å². The van der Waals surface area contributed by atoms with Gasteiger partial charge in [-0.25, -0.2) is 13.4 Å². The van der Waals surface area contributed by atoms with Crippen LogP contribution in [0, 0.1) is 10.1 Å². The van der Waals surface area contributed by atoms with Gasteiger partial charge in [0.15, 0.2) is 4.90 Å². The Hall–Kier alpha value is -3.33. The third kappa shape index (κ3) is 2.71. The number of benzene rings is 2. The van der Waals surface area contributed by atoms with E-state index in [4.69, 9.17) is 0 Å². The van der Waals surface area contributed by atoms with Crippen molar-refractivity contribution in [2.24, 2.45) is 0 Å². The van der Waals surface area contributed by atoms with Crippen LogP contribution in [0.1, 0.15) is 25.6 Å². The minimum absolute atomic E-state index is 0.00522. The molecule has 0 bridgehead atoms. The number of sulfone groups is 1. The second kappa shape index (κ2) is 6.38. The van der Waals surface area contributed by atoms with E-state index in [2.05, 4.69) is 15.0 Å². The summed E-state index contributed by atoms with van der Waals surface area (Å²) in [6.45, 7) is 3.80. The number of rotatable bonds is 4. The molecule has 2 heterocycles. The predicted molar refractivity (Wildman–Crippen MR) is 104 cm³/mol. The van der Waals surface area contributed by atoms with Crippen molar-refractivity contribution >= 4 is 37.3 Å². The summed E-state index contributed by atoms with van der Waals surface area (Å²) in [6.07, 6.45) is 3.04. The van der Waals surface area contributed by atoms with Crippen LogP contribution in [-0.2, 0) is 9.84 Å². The topological polar surface area (TPSA) is 119 Å². The maximum absolute atomic E-state index is 13.6. The Labute approximate surface area is 160 Å². The molecule has 142 valence electrons. The Morgan fingerprint density at radius 2 is 1.93 bits per heavy atom. The maximum Gasteiger partial charge on any atom is 0.290 e. The zero-order valence-corrected chi connectivity index (χ0v) is 15.9. The van der Waals surface area contributed by atoms with E-state index >= 15 is 0 Å². The van der Waals surface area contributed by atoms with Gasteiger partial charge in [-0.05, 0) is 18.2 Å². The smallest absolute Gasteiger partial charge is 0.290 e. The lowest BCUT2D eigenvalue weighted by molar-refractivity contribution is -0.387. The van der Waals surface area contributed by atoms with Gasteiger partial charge in [0.2, 0.25) is 9.84 Å². The predicted octanol–water partition coefficient (Wildman–Crippen LogP) is 3.98. The highest BCUT2D eigenvalue weighted by molar-refractivity contribution is 7.92. The third-order valence-electron chi connectivity index (χ3n) is 4.55. The molecule has 8 nitrogen and oxygen atoms in total. The molecule has 0 saturated heterocycles. The number of hydrogen-bond acceptors (Lipinski definition) is 6. The number of nitro groups is 1. The first-order chi connectivity index (χ1) is 13.3. The Morgan fingerprint density at radius 1 is 1.14 bits per heavy atom. The van der Waals surface area contributed by atoms with Crippen molar-refractivity contribution in [1.29, 1.82) is 0 Å². The van der Waals surface area contributed by atoms with Gasteiger partial charge in [-0.1, -0.05) is 26.0 Å². The van der Waals surface area contributed by atoms with Gasteiger partial charge >= 0.3 is 0 Å². The molecule has 9 heteroatoms. The fourth-order valence-electron chi connectivity index (χ4n) is 3.18. The molecule has 4 aromatic rings. The lowest BCUT2D eigenvalue weighted by Crippen LogP contribution is -2.07. The minimum Gasteiger partial charge on any atom is -0.342 e. The molecule has 2 aromatic heterocycles. The van der Waals surface area contributed by atoms with Crippen LogP contribution in [-0.4, -0.2) is 28.3 Å². The number of fused-ring (bicyclic) bond motifs is 2. The van der Waals surface area contributed by atoms with E-state index in [0.29, 0.717) is 22.1 Å². The van der Waals surface area contributed by atoms with Crippen LogP contribution in [0.2, 0.25) is 0 Å². The molecule has 0 spiro atoms. The number of H-pyrrole nitrogens is 1. The number of pyridine rings is 1. The molecule has 2 aromatic carbocycles. The number of aromatic nitrogens is 3. The van der Waals surface area contributed by atoms with Crippen molar-refractivity contribution in [2.45, 2.75) is 29.6 Å². The van der Waals surface area contributed by atoms with Gasteiger partial charge in [-0.15, -0.1) is 0 Å². The Kier molecular flexibility index (Phi) is 4.11. The first kappa shape index (κ1) is 18.1. The minimum atomic E-state index is -4.23. The second-order valence-corrected chi connectivity index (χ2v) is 8.56. The highest BCUT2D eigenvalue weighted by Gasteiger charge is 2.33. The summed E-state index contributed by atoms with van der Waals surface area (Å²) >= 11 is 0. The van der Waals surface area contributed by atoms with Gasteiger partial charge in [0.05, 0.1) is 15.3 Å². The summed E-state index contributed by atoms with van der Waals surface area (Å²) in [5.41, 5.74) is 0.0131. The van der Waals surface area contributed by atoms with E-state index < -0.39 is 25.3 Å². The van der Waals surface area contributed by atoms with E-state index in [1.165, 1.54) is 24.4 Å². The average Bonchev–Trinajstić information content (AvgIpc) is 3.11. The fraction of sp³-hybridized carbons (Fsp3) is 0.158. The van der Waals surface area contributed by atoms with E-state index in [9.17, 15) is 18.5 Å². The fourth-order valence-corrected chi connectivity index (χ4v) is 4.96. The zero-order chi connectivity index (χ0) is 20.1. The van der Waals surface area contributed by atoms with Crippen LogP contribution >= 0.6 is 0 Å². The highest BCUT2D eigenvalue weighted by Crippen LogP contribution is 2.37. The summed E-state index contributed by atoms with van der Waals surface area (Å²) in [5, 5.41) is 12.7. The van der Waals surface area contributed by atoms with Crippen molar-refractivity contribution in [2.75, 3.05) is 0 Å². The van der Waals surface area contributed by atoms with Crippen molar-refractivity contribution in [3.8, 4) is 0 Å². The summed E-state index contributed by atoms with van der Waals surface area (Å²) in [7, 11) is -4.23. The quantitative estimate of drug-likeness (QED) is 0.412. The van der Waals surface area contributed by atoms with Crippen LogP contribution in [0.3, 0.4) is 0 Å². The van der Waals surface area contributed by atoms with Gasteiger partial charge in [0.1, 0.15) is 11.3 Å². The molecule has 0 fully saturated rings. The van der Waals surface area contributed by atoms with Crippen LogP contribution in [0.15, 0.2) is 58.6 Å². The average molecular weight is 396 g/mol. The van der Waals surface area contributed by atoms with Crippen molar-refractivity contribution in [1.82, 2.24) is 15.0 Å². The van der Waals surface area contributed by atoms with E-state index in [1.807, 2.05) is 13.8 Å². The number of nitro benzene ring substituents is 1.